The van der Waals surface area contributed by atoms with E-state index in [4.69, 9.17) is 10.5 Å². The number of hydrogen-bond donors (Lipinski definition) is 1. The quantitative estimate of drug-likeness (QED) is 0.327. The van der Waals surface area contributed by atoms with E-state index in [2.05, 4.69) is 32.4 Å². The lowest BCUT2D eigenvalue weighted by Crippen LogP contribution is -2.43. The molecule has 6 heteroatoms. The standard InChI is InChI=1S/C15H26BrN3O2/c1-11(15(17)18-9-12(2)16)10-19-7-5-4-6-13(19)8-14(20)21-3/h9,12-13,15H,1,4-8,10,17H2,2-3H3. The van der Waals surface area contributed by atoms with Crippen molar-refractivity contribution in [1.82, 2.24) is 4.90 Å². The van der Waals surface area contributed by atoms with E-state index in [1.807, 2.05) is 6.92 Å². The summed E-state index contributed by atoms with van der Waals surface area (Å²) >= 11 is 3.40. The van der Waals surface area contributed by atoms with Gasteiger partial charge >= 0.3 is 5.97 Å². The van der Waals surface area contributed by atoms with Gasteiger partial charge in [0.15, 0.2) is 0 Å². The van der Waals surface area contributed by atoms with Crippen molar-refractivity contribution in [2.45, 2.75) is 49.6 Å². The number of carbonyl (C=O) groups is 1. The Kier molecular flexibility index (Phi) is 8.14. The second-order valence-corrected chi connectivity index (χ2v) is 6.92. The zero-order chi connectivity index (χ0) is 15.8. The Morgan fingerprint density at radius 1 is 1.62 bits per heavy atom. The Morgan fingerprint density at radius 3 is 2.95 bits per heavy atom. The van der Waals surface area contributed by atoms with Crippen molar-refractivity contribution in [3.63, 3.8) is 0 Å². The van der Waals surface area contributed by atoms with Crippen LogP contribution in [0.3, 0.4) is 0 Å². The van der Waals surface area contributed by atoms with Gasteiger partial charge in [0.05, 0.1) is 13.5 Å². The summed E-state index contributed by atoms with van der Waals surface area (Å²) in [6.07, 6.45) is 5.11. The van der Waals surface area contributed by atoms with Gasteiger partial charge in [-0.2, -0.15) is 0 Å². The molecule has 0 saturated carbocycles. The van der Waals surface area contributed by atoms with Gasteiger partial charge in [0.25, 0.3) is 0 Å². The Balaban J connectivity index is 2.56. The fraction of sp³-hybridized carbons (Fsp3) is 0.733. The maximum absolute atomic E-state index is 11.5. The van der Waals surface area contributed by atoms with Crippen LogP contribution in [0.25, 0.3) is 0 Å². The Hall–Kier alpha value is -0.720. The van der Waals surface area contributed by atoms with Gasteiger partial charge in [-0.25, -0.2) is 0 Å². The molecule has 5 nitrogen and oxygen atoms in total. The average molecular weight is 360 g/mol. The highest BCUT2D eigenvalue weighted by molar-refractivity contribution is 9.09. The molecule has 3 unspecified atom stereocenters. The first kappa shape index (κ1) is 18.3. The molecule has 2 N–H and O–H groups in total. The summed E-state index contributed by atoms with van der Waals surface area (Å²) in [7, 11) is 1.43. The van der Waals surface area contributed by atoms with Gasteiger partial charge in [-0.05, 0) is 31.9 Å². The lowest BCUT2D eigenvalue weighted by atomic mass is 9.98. The second-order valence-electron chi connectivity index (χ2n) is 5.48. The fourth-order valence-electron chi connectivity index (χ4n) is 2.45. The summed E-state index contributed by atoms with van der Waals surface area (Å²) in [4.78, 5) is 18.2. The van der Waals surface area contributed by atoms with Crippen LogP contribution in [0.5, 0.6) is 0 Å². The van der Waals surface area contributed by atoms with Crippen molar-refractivity contribution >= 4 is 28.1 Å². The summed E-state index contributed by atoms with van der Waals surface area (Å²) in [5.74, 6) is -0.159. The number of alkyl halides is 1. The molecule has 0 radical (unpaired) electrons. The summed E-state index contributed by atoms with van der Waals surface area (Å²) in [6, 6.07) is 0.217. The highest BCUT2D eigenvalue weighted by Gasteiger charge is 2.26. The number of esters is 1. The highest BCUT2D eigenvalue weighted by Crippen LogP contribution is 2.21. The van der Waals surface area contributed by atoms with Crippen molar-refractivity contribution < 1.29 is 9.53 Å². The summed E-state index contributed by atoms with van der Waals surface area (Å²) in [5, 5.41) is 0. The van der Waals surface area contributed by atoms with E-state index in [0.29, 0.717) is 13.0 Å². The molecule has 1 aliphatic rings. The molecule has 0 amide bonds. The molecule has 120 valence electrons. The van der Waals surface area contributed by atoms with Gasteiger partial charge < -0.3 is 10.5 Å². The predicted molar refractivity (Wildman–Crippen MR) is 89.8 cm³/mol. The molecule has 0 bridgehead atoms. The van der Waals surface area contributed by atoms with E-state index in [1.54, 1.807) is 6.21 Å². The largest absolute Gasteiger partial charge is 0.469 e. The lowest BCUT2D eigenvalue weighted by Gasteiger charge is -2.36. The third-order valence-corrected chi connectivity index (χ3v) is 3.89. The Labute approximate surface area is 135 Å². The molecule has 21 heavy (non-hydrogen) atoms. The molecular formula is C15H26BrN3O2. The minimum Gasteiger partial charge on any atom is -0.469 e. The Morgan fingerprint density at radius 2 is 2.33 bits per heavy atom. The van der Waals surface area contributed by atoms with Crippen LogP contribution in [-0.4, -0.2) is 54.3 Å². The van der Waals surface area contributed by atoms with Crippen molar-refractivity contribution in [3.05, 3.63) is 12.2 Å². The van der Waals surface area contributed by atoms with Crippen LogP contribution in [0.2, 0.25) is 0 Å². The van der Waals surface area contributed by atoms with Gasteiger partial charge in [0.2, 0.25) is 0 Å². The molecular weight excluding hydrogens is 334 g/mol. The topological polar surface area (TPSA) is 67.9 Å². The molecule has 0 aromatic rings. The lowest BCUT2D eigenvalue weighted by molar-refractivity contribution is -0.142. The van der Waals surface area contributed by atoms with Crippen molar-refractivity contribution in [3.8, 4) is 0 Å². The van der Waals surface area contributed by atoms with Crippen LogP contribution >= 0.6 is 15.9 Å². The first-order chi connectivity index (χ1) is 9.93. The molecule has 1 aliphatic heterocycles. The third-order valence-electron chi connectivity index (χ3n) is 3.66. The SMILES string of the molecule is C=C(CN1CCCCC1CC(=O)OC)C(N)N=CC(C)Br. The highest BCUT2D eigenvalue weighted by atomic mass is 79.9. The van der Waals surface area contributed by atoms with Crippen LogP contribution in [0.4, 0.5) is 0 Å². The molecule has 0 aromatic carbocycles. The van der Waals surface area contributed by atoms with Crippen molar-refractivity contribution in [1.29, 1.82) is 0 Å². The third kappa shape index (κ3) is 6.72. The molecule has 1 heterocycles. The fourth-order valence-corrected chi connectivity index (χ4v) is 2.58. The number of nitrogens with zero attached hydrogens (tertiary/aromatic N) is 2. The number of carbonyl (C=O) groups excluding carboxylic acids is 1. The molecule has 3 atom stereocenters. The average Bonchev–Trinajstić information content (AvgIpc) is 2.46. The van der Waals surface area contributed by atoms with E-state index in [0.717, 1.165) is 31.4 Å². The first-order valence-corrected chi connectivity index (χ1v) is 8.27. The monoisotopic (exact) mass is 359 g/mol. The van der Waals surface area contributed by atoms with Gasteiger partial charge in [-0.15, -0.1) is 0 Å². The molecule has 1 fully saturated rings. The molecule has 0 aromatic heterocycles. The van der Waals surface area contributed by atoms with Crippen LogP contribution in [-0.2, 0) is 9.53 Å². The second kappa shape index (κ2) is 9.33. The predicted octanol–water partition coefficient (Wildman–Crippen LogP) is 2.10. The van der Waals surface area contributed by atoms with Crippen LogP contribution in [0.1, 0.15) is 32.6 Å². The maximum Gasteiger partial charge on any atom is 0.307 e. The van der Waals surface area contributed by atoms with Gasteiger partial charge in [-0.1, -0.05) is 28.9 Å². The number of ether oxygens (including phenoxy) is 1. The number of piperidine rings is 1. The number of aliphatic imine (C=N–C) groups is 1. The van der Waals surface area contributed by atoms with Gasteiger partial charge in [-0.3, -0.25) is 14.7 Å². The van der Waals surface area contributed by atoms with Crippen molar-refractivity contribution in [2.24, 2.45) is 10.7 Å². The van der Waals surface area contributed by atoms with E-state index < -0.39 is 6.17 Å². The number of likely N-dealkylation sites (tertiary alicyclic amines) is 1. The number of halogens is 1. The smallest absolute Gasteiger partial charge is 0.307 e. The van der Waals surface area contributed by atoms with E-state index >= 15 is 0 Å². The normalized spacial score (nSPS) is 23.0. The minimum atomic E-state index is -0.397. The molecule has 1 rings (SSSR count). The van der Waals surface area contributed by atoms with E-state index in [-0.39, 0.29) is 16.8 Å². The Bertz CT molecular complexity index is 385. The first-order valence-electron chi connectivity index (χ1n) is 7.35. The van der Waals surface area contributed by atoms with Crippen LogP contribution < -0.4 is 5.73 Å². The molecule has 0 aliphatic carbocycles. The summed E-state index contributed by atoms with van der Waals surface area (Å²) in [5.41, 5.74) is 6.89. The van der Waals surface area contributed by atoms with Gasteiger partial charge in [0, 0.05) is 23.6 Å². The van der Waals surface area contributed by atoms with Gasteiger partial charge in [0.1, 0.15) is 6.17 Å². The zero-order valence-electron chi connectivity index (χ0n) is 12.9. The van der Waals surface area contributed by atoms with Crippen LogP contribution in [0.15, 0.2) is 17.1 Å². The van der Waals surface area contributed by atoms with E-state index in [9.17, 15) is 4.79 Å². The number of rotatable bonds is 7. The molecule has 1 saturated heterocycles. The zero-order valence-corrected chi connectivity index (χ0v) is 14.5. The van der Waals surface area contributed by atoms with Crippen LogP contribution in [0, 0.1) is 0 Å². The summed E-state index contributed by atoms with van der Waals surface area (Å²) < 4.78 is 4.78. The number of hydrogen-bond acceptors (Lipinski definition) is 5. The number of methoxy groups -OCH3 is 1. The van der Waals surface area contributed by atoms with E-state index in [1.165, 1.54) is 7.11 Å². The summed E-state index contributed by atoms with van der Waals surface area (Å²) in [6.45, 7) is 7.67. The maximum atomic E-state index is 11.5. The molecule has 0 spiro atoms. The number of nitrogens with two attached hydrogens (primary N) is 1. The van der Waals surface area contributed by atoms with Crippen molar-refractivity contribution in [2.75, 3.05) is 20.2 Å². The minimum absolute atomic E-state index is 0.159.